The van der Waals surface area contributed by atoms with Crippen molar-refractivity contribution in [1.29, 1.82) is 0 Å². The summed E-state index contributed by atoms with van der Waals surface area (Å²) in [5.74, 6) is -0.888. The van der Waals surface area contributed by atoms with E-state index < -0.39 is 17.9 Å². The maximum Gasteiger partial charge on any atom is 0.327 e. The maximum absolute atomic E-state index is 12.5. The van der Waals surface area contributed by atoms with Crippen LogP contribution in [0.5, 0.6) is 5.75 Å². The summed E-state index contributed by atoms with van der Waals surface area (Å²) in [5, 5.41) is 11.3. The lowest BCUT2D eigenvalue weighted by molar-refractivity contribution is -0.136. The Morgan fingerprint density at radius 1 is 1.07 bits per heavy atom. The molecule has 0 fully saturated rings. The highest BCUT2D eigenvalue weighted by Crippen LogP contribution is 2.12. The number of imide groups is 1. The van der Waals surface area contributed by atoms with Crippen molar-refractivity contribution in [2.45, 2.75) is 6.42 Å². The molecule has 7 heteroatoms. The Bertz CT molecular complexity index is 803. The number of nitrogens with one attached hydrogen (secondary N) is 1. The number of urea groups is 1. The average molecular weight is 368 g/mol. The minimum Gasteiger partial charge on any atom is -0.481 e. The van der Waals surface area contributed by atoms with Crippen molar-refractivity contribution >= 4 is 17.9 Å². The van der Waals surface area contributed by atoms with Gasteiger partial charge in [-0.1, -0.05) is 36.4 Å². The summed E-state index contributed by atoms with van der Waals surface area (Å²) in [4.78, 5) is 36.5. The molecule has 140 valence electrons. The molecule has 2 rings (SSSR count). The van der Waals surface area contributed by atoms with Crippen LogP contribution in [0.3, 0.4) is 0 Å². The van der Waals surface area contributed by atoms with E-state index in [4.69, 9.17) is 9.84 Å². The van der Waals surface area contributed by atoms with Crippen molar-refractivity contribution in [2.24, 2.45) is 0 Å². The number of hydrogen-bond donors (Lipinski definition) is 2. The minimum atomic E-state index is -0.915. The summed E-state index contributed by atoms with van der Waals surface area (Å²) in [6.45, 7) is 3.48. The molecule has 0 aliphatic carbocycles. The van der Waals surface area contributed by atoms with Gasteiger partial charge >= 0.3 is 12.0 Å². The van der Waals surface area contributed by atoms with Crippen LogP contribution in [-0.2, 0) is 11.2 Å². The molecule has 0 atom stereocenters. The van der Waals surface area contributed by atoms with Gasteiger partial charge in [-0.25, -0.2) is 4.79 Å². The zero-order valence-electron chi connectivity index (χ0n) is 14.6. The third-order valence-electron chi connectivity index (χ3n) is 3.56. The predicted octanol–water partition coefficient (Wildman–Crippen LogP) is 2.69. The molecule has 3 amide bonds. The van der Waals surface area contributed by atoms with E-state index in [1.165, 1.54) is 6.08 Å². The van der Waals surface area contributed by atoms with Gasteiger partial charge in [-0.05, 0) is 29.8 Å². The number of carboxylic acids is 1. The van der Waals surface area contributed by atoms with Gasteiger partial charge in [0.15, 0.2) is 6.73 Å². The number of aliphatic carboxylic acids is 1. The minimum absolute atomic E-state index is 0.0590. The van der Waals surface area contributed by atoms with Crippen LogP contribution in [0.1, 0.15) is 15.9 Å². The van der Waals surface area contributed by atoms with Crippen molar-refractivity contribution in [2.75, 3.05) is 13.3 Å². The fourth-order valence-corrected chi connectivity index (χ4v) is 2.28. The molecule has 0 saturated carbocycles. The molecule has 0 aliphatic heterocycles. The lowest BCUT2D eigenvalue weighted by atomic mass is 10.1. The number of ether oxygens (including phenoxy) is 1. The van der Waals surface area contributed by atoms with Gasteiger partial charge in [0.25, 0.3) is 5.91 Å². The van der Waals surface area contributed by atoms with Gasteiger partial charge in [0.2, 0.25) is 0 Å². The highest BCUT2D eigenvalue weighted by atomic mass is 16.5. The smallest absolute Gasteiger partial charge is 0.327 e. The van der Waals surface area contributed by atoms with Crippen LogP contribution in [0.2, 0.25) is 0 Å². The van der Waals surface area contributed by atoms with Gasteiger partial charge in [-0.2, -0.15) is 0 Å². The monoisotopic (exact) mass is 368 g/mol. The Morgan fingerprint density at radius 2 is 1.74 bits per heavy atom. The highest BCUT2D eigenvalue weighted by molar-refractivity contribution is 6.04. The van der Waals surface area contributed by atoms with Crippen molar-refractivity contribution in [3.8, 4) is 5.75 Å². The first-order chi connectivity index (χ1) is 13.0. The molecule has 7 nitrogen and oxygen atoms in total. The molecule has 0 aromatic heterocycles. The molecule has 2 aromatic carbocycles. The molecule has 0 bridgehead atoms. The lowest BCUT2D eigenvalue weighted by Crippen LogP contribution is -2.45. The van der Waals surface area contributed by atoms with Crippen LogP contribution >= 0.6 is 0 Å². The molecule has 2 N–H and O–H groups in total. The third kappa shape index (κ3) is 6.00. The molecule has 0 radical (unpaired) electrons. The highest BCUT2D eigenvalue weighted by Gasteiger charge is 2.21. The van der Waals surface area contributed by atoms with Crippen molar-refractivity contribution in [3.63, 3.8) is 0 Å². The van der Waals surface area contributed by atoms with E-state index in [1.807, 2.05) is 0 Å². The molecular weight excluding hydrogens is 348 g/mol. The molecular formula is C20H20N2O5. The summed E-state index contributed by atoms with van der Waals surface area (Å²) in [7, 11) is 0. The fourth-order valence-electron chi connectivity index (χ4n) is 2.28. The van der Waals surface area contributed by atoms with Crippen LogP contribution < -0.4 is 10.1 Å². The predicted molar refractivity (Wildman–Crippen MR) is 99.5 cm³/mol. The van der Waals surface area contributed by atoms with Crippen LogP contribution in [0.4, 0.5) is 4.79 Å². The van der Waals surface area contributed by atoms with Crippen LogP contribution in [0.25, 0.3) is 0 Å². The molecule has 0 saturated heterocycles. The first kappa shape index (κ1) is 19.7. The van der Waals surface area contributed by atoms with E-state index >= 15 is 0 Å². The Morgan fingerprint density at radius 3 is 2.33 bits per heavy atom. The summed E-state index contributed by atoms with van der Waals surface area (Å²) < 4.78 is 5.41. The number of hydrogen-bond acceptors (Lipinski definition) is 4. The second kappa shape index (κ2) is 9.76. The molecule has 0 aliphatic rings. The van der Waals surface area contributed by atoms with E-state index in [1.54, 1.807) is 54.6 Å². The summed E-state index contributed by atoms with van der Waals surface area (Å²) in [5.41, 5.74) is 1.04. The van der Waals surface area contributed by atoms with Gasteiger partial charge in [0, 0.05) is 12.1 Å². The number of benzene rings is 2. The molecule has 0 unspecified atom stereocenters. The first-order valence-electron chi connectivity index (χ1n) is 8.20. The lowest BCUT2D eigenvalue weighted by Gasteiger charge is -2.20. The largest absolute Gasteiger partial charge is 0.481 e. The number of amides is 3. The topological polar surface area (TPSA) is 95.9 Å². The van der Waals surface area contributed by atoms with Gasteiger partial charge < -0.3 is 15.2 Å². The second-order valence-electron chi connectivity index (χ2n) is 5.56. The molecule has 0 heterocycles. The number of rotatable bonds is 8. The fraction of sp³-hybridized carbons (Fsp3) is 0.150. The normalized spacial score (nSPS) is 9.93. The quantitative estimate of drug-likeness (QED) is 0.552. The van der Waals surface area contributed by atoms with E-state index in [-0.39, 0.29) is 19.7 Å². The summed E-state index contributed by atoms with van der Waals surface area (Å²) >= 11 is 0. The van der Waals surface area contributed by atoms with Gasteiger partial charge in [0.05, 0.1) is 6.42 Å². The van der Waals surface area contributed by atoms with Gasteiger partial charge in [0.1, 0.15) is 5.75 Å². The standard InChI is InChI=1S/C20H20N2O5/c1-2-12-22(19(25)16-6-4-3-5-7-16)20(26)21-14-27-17-10-8-15(9-11-17)13-18(23)24/h2-11H,1,12-14H2,(H,21,26)(H,23,24). The summed E-state index contributed by atoms with van der Waals surface area (Å²) in [6, 6.07) is 14.4. The van der Waals surface area contributed by atoms with Crippen molar-refractivity contribution in [3.05, 3.63) is 78.4 Å². The van der Waals surface area contributed by atoms with E-state index in [0.29, 0.717) is 16.9 Å². The Balaban J connectivity index is 1.91. The number of nitrogens with zero attached hydrogens (tertiary/aromatic N) is 1. The molecule has 0 spiro atoms. The second-order valence-corrected chi connectivity index (χ2v) is 5.56. The van der Waals surface area contributed by atoms with Crippen molar-refractivity contribution < 1.29 is 24.2 Å². The maximum atomic E-state index is 12.5. The first-order valence-corrected chi connectivity index (χ1v) is 8.20. The van der Waals surface area contributed by atoms with Crippen LogP contribution in [-0.4, -0.2) is 41.2 Å². The molecule has 2 aromatic rings. The van der Waals surface area contributed by atoms with Crippen LogP contribution in [0, 0.1) is 0 Å². The van der Waals surface area contributed by atoms with Gasteiger partial charge in [-0.15, -0.1) is 6.58 Å². The number of carbonyl (C=O) groups is 3. The Kier molecular flexibility index (Phi) is 7.13. The summed E-state index contributed by atoms with van der Waals surface area (Å²) in [6.07, 6.45) is 1.39. The zero-order valence-corrected chi connectivity index (χ0v) is 14.6. The zero-order chi connectivity index (χ0) is 19.6. The molecule has 27 heavy (non-hydrogen) atoms. The van der Waals surface area contributed by atoms with E-state index in [9.17, 15) is 14.4 Å². The number of carboxylic acid groups (broad SMARTS) is 1. The average Bonchev–Trinajstić information content (AvgIpc) is 2.67. The van der Waals surface area contributed by atoms with Gasteiger partial charge in [-0.3, -0.25) is 14.5 Å². The Labute approximate surface area is 156 Å². The third-order valence-corrected chi connectivity index (χ3v) is 3.56. The van der Waals surface area contributed by atoms with Crippen LogP contribution in [0.15, 0.2) is 67.3 Å². The van der Waals surface area contributed by atoms with Crippen molar-refractivity contribution in [1.82, 2.24) is 10.2 Å². The number of carbonyl (C=O) groups excluding carboxylic acids is 2. The van der Waals surface area contributed by atoms with E-state index in [2.05, 4.69) is 11.9 Å². The van der Waals surface area contributed by atoms with E-state index in [0.717, 1.165) is 4.90 Å². The Hall–Kier alpha value is -3.61. The SMILES string of the molecule is C=CCN(C(=O)NCOc1ccc(CC(=O)O)cc1)C(=O)c1ccccc1.